The minimum Gasteiger partial charge on any atom is -0.481 e. The van der Waals surface area contributed by atoms with Crippen LogP contribution < -0.4 is 5.73 Å². The van der Waals surface area contributed by atoms with Gasteiger partial charge in [-0.05, 0) is 11.6 Å². The minimum absolute atomic E-state index is 0.0854. The predicted molar refractivity (Wildman–Crippen MR) is 62.0 cm³/mol. The summed E-state index contributed by atoms with van der Waals surface area (Å²) in [5, 5.41) is 8.87. The van der Waals surface area contributed by atoms with Gasteiger partial charge >= 0.3 is 5.97 Å². The summed E-state index contributed by atoms with van der Waals surface area (Å²) in [6, 6.07) is 7.28. The quantitative estimate of drug-likeness (QED) is 0.754. The second-order valence-corrected chi connectivity index (χ2v) is 4.21. The van der Waals surface area contributed by atoms with Crippen molar-refractivity contribution < 1.29 is 14.7 Å². The average Bonchev–Trinajstić information content (AvgIpc) is 2.64. The van der Waals surface area contributed by atoms with E-state index >= 15 is 0 Å². The normalized spacial score (nSPS) is 19.6. The van der Waals surface area contributed by atoms with E-state index in [1.807, 2.05) is 18.2 Å². The Kier molecular flexibility index (Phi) is 2.99. The highest BCUT2D eigenvalue weighted by Crippen LogP contribution is 2.22. The predicted octanol–water partition coefficient (Wildman–Crippen LogP) is 0.702. The number of carboxylic acid groups (broad SMARTS) is 1. The average molecular weight is 234 g/mol. The van der Waals surface area contributed by atoms with E-state index in [0.717, 1.165) is 5.56 Å². The van der Waals surface area contributed by atoms with Gasteiger partial charge < -0.3 is 15.7 Å². The highest BCUT2D eigenvalue weighted by molar-refractivity contribution is 5.86. The zero-order chi connectivity index (χ0) is 12.4. The molecule has 5 nitrogen and oxygen atoms in total. The Labute approximate surface area is 98.8 Å². The molecule has 1 saturated heterocycles. The van der Waals surface area contributed by atoms with Gasteiger partial charge in [0.05, 0.1) is 5.92 Å². The molecule has 1 atom stereocenters. The van der Waals surface area contributed by atoms with Gasteiger partial charge in [0.15, 0.2) is 0 Å². The number of anilines is 1. The van der Waals surface area contributed by atoms with Gasteiger partial charge in [0.1, 0.15) is 0 Å². The van der Waals surface area contributed by atoms with Gasteiger partial charge in [0.25, 0.3) is 0 Å². The summed E-state index contributed by atoms with van der Waals surface area (Å²) in [4.78, 5) is 24.0. The monoisotopic (exact) mass is 234 g/mol. The number of likely N-dealkylation sites (tertiary alicyclic amines) is 1. The molecule has 1 aliphatic heterocycles. The summed E-state index contributed by atoms with van der Waals surface area (Å²) in [7, 11) is 0. The van der Waals surface area contributed by atoms with Gasteiger partial charge in [-0.1, -0.05) is 18.2 Å². The van der Waals surface area contributed by atoms with Crippen LogP contribution in [-0.2, 0) is 16.1 Å². The smallest absolute Gasteiger partial charge is 0.308 e. The molecule has 1 aromatic carbocycles. The molecule has 0 radical (unpaired) electrons. The third kappa shape index (κ3) is 2.38. The molecule has 0 bridgehead atoms. The lowest BCUT2D eigenvalue weighted by Crippen LogP contribution is -2.26. The molecule has 1 amide bonds. The van der Waals surface area contributed by atoms with Crippen LogP contribution in [0, 0.1) is 5.92 Å². The van der Waals surface area contributed by atoms with Gasteiger partial charge in [-0.25, -0.2) is 0 Å². The van der Waals surface area contributed by atoms with Crippen molar-refractivity contribution in [2.24, 2.45) is 5.92 Å². The van der Waals surface area contributed by atoms with Gasteiger partial charge in [0, 0.05) is 25.2 Å². The molecule has 0 saturated carbocycles. The maximum absolute atomic E-state index is 11.6. The third-order valence-corrected chi connectivity index (χ3v) is 2.98. The molecule has 0 aliphatic carbocycles. The number of aliphatic carboxylic acids is 1. The van der Waals surface area contributed by atoms with Crippen LogP contribution in [0.15, 0.2) is 24.3 Å². The first-order valence-corrected chi connectivity index (χ1v) is 5.42. The molecular formula is C12H14N2O3. The first-order valence-electron chi connectivity index (χ1n) is 5.42. The molecule has 17 heavy (non-hydrogen) atoms. The summed E-state index contributed by atoms with van der Waals surface area (Å²) in [6.45, 7) is 0.651. The van der Waals surface area contributed by atoms with Crippen molar-refractivity contribution in [1.29, 1.82) is 0 Å². The lowest BCUT2D eigenvalue weighted by Gasteiger charge is -2.17. The molecule has 0 spiro atoms. The molecule has 2 rings (SSSR count). The Balaban J connectivity index is 2.08. The van der Waals surface area contributed by atoms with Crippen molar-refractivity contribution in [2.75, 3.05) is 12.3 Å². The highest BCUT2D eigenvalue weighted by Gasteiger charge is 2.34. The van der Waals surface area contributed by atoms with Gasteiger partial charge in [-0.15, -0.1) is 0 Å². The Morgan fingerprint density at radius 3 is 2.76 bits per heavy atom. The number of para-hydroxylation sites is 1. The first-order chi connectivity index (χ1) is 8.08. The van der Waals surface area contributed by atoms with Crippen molar-refractivity contribution in [3.05, 3.63) is 29.8 Å². The molecule has 90 valence electrons. The van der Waals surface area contributed by atoms with E-state index in [1.165, 1.54) is 0 Å². The molecule has 1 fully saturated rings. The Hall–Kier alpha value is -2.04. The van der Waals surface area contributed by atoms with Crippen molar-refractivity contribution >= 4 is 17.6 Å². The van der Waals surface area contributed by atoms with Crippen LogP contribution in [0.5, 0.6) is 0 Å². The van der Waals surface area contributed by atoms with E-state index in [2.05, 4.69) is 0 Å². The topological polar surface area (TPSA) is 83.6 Å². The van der Waals surface area contributed by atoms with Crippen molar-refractivity contribution in [3.8, 4) is 0 Å². The first kappa shape index (κ1) is 11.4. The number of nitrogens with zero attached hydrogens (tertiary/aromatic N) is 1. The number of carboxylic acids is 1. The van der Waals surface area contributed by atoms with Crippen LogP contribution in [0.2, 0.25) is 0 Å². The summed E-state index contributed by atoms with van der Waals surface area (Å²) < 4.78 is 0. The largest absolute Gasteiger partial charge is 0.481 e. The molecular weight excluding hydrogens is 220 g/mol. The minimum atomic E-state index is -0.915. The fraction of sp³-hybridized carbons (Fsp3) is 0.333. The fourth-order valence-electron chi connectivity index (χ4n) is 1.97. The number of carbonyl (C=O) groups is 2. The van der Waals surface area contributed by atoms with E-state index in [-0.39, 0.29) is 18.9 Å². The fourth-order valence-corrected chi connectivity index (χ4v) is 1.97. The summed E-state index contributed by atoms with van der Waals surface area (Å²) in [5.41, 5.74) is 7.26. The Morgan fingerprint density at radius 2 is 2.18 bits per heavy atom. The van der Waals surface area contributed by atoms with Crippen molar-refractivity contribution in [2.45, 2.75) is 13.0 Å². The Morgan fingerprint density at radius 1 is 1.47 bits per heavy atom. The molecule has 3 N–H and O–H groups in total. The summed E-state index contributed by atoms with van der Waals surface area (Å²) in [6.07, 6.45) is 0.0854. The second-order valence-electron chi connectivity index (χ2n) is 4.21. The molecule has 5 heteroatoms. The van der Waals surface area contributed by atoms with Gasteiger partial charge in [0.2, 0.25) is 5.91 Å². The van der Waals surface area contributed by atoms with Gasteiger partial charge in [-0.2, -0.15) is 0 Å². The van der Waals surface area contributed by atoms with E-state index in [0.29, 0.717) is 12.2 Å². The van der Waals surface area contributed by atoms with Crippen LogP contribution in [0.3, 0.4) is 0 Å². The summed E-state index contributed by atoms with van der Waals surface area (Å²) in [5.74, 6) is -1.63. The number of hydrogen-bond donors (Lipinski definition) is 2. The summed E-state index contributed by atoms with van der Waals surface area (Å²) >= 11 is 0. The number of nitrogens with two attached hydrogens (primary N) is 1. The zero-order valence-corrected chi connectivity index (χ0v) is 9.30. The molecule has 0 aromatic heterocycles. The van der Waals surface area contributed by atoms with Crippen molar-refractivity contribution in [3.63, 3.8) is 0 Å². The van der Waals surface area contributed by atoms with E-state index in [9.17, 15) is 9.59 Å². The SMILES string of the molecule is Nc1ccccc1CN1CC(C(=O)O)CC1=O. The van der Waals surface area contributed by atoms with Crippen LogP contribution in [0.25, 0.3) is 0 Å². The van der Waals surface area contributed by atoms with E-state index < -0.39 is 11.9 Å². The van der Waals surface area contributed by atoms with Crippen molar-refractivity contribution in [1.82, 2.24) is 4.90 Å². The van der Waals surface area contributed by atoms with Crippen LogP contribution >= 0.6 is 0 Å². The molecule has 1 aromatic rings. The van der Waals surface area contributed by atoms with E-state index in [4.69, 9.17) is 10.8 Å². The number of rotatable bonds is 3. The number of benzene rings is 1. The number of nitrogen functional groups attached to an aromatic ring is 1. The standard InChI is InChI=1S/C12H14N2O3/c13-10-4-2-1-3-8(10)6-14-7-9(12(16)17)5-11(14)15/h1-4,9H,5-7,13H2,(H,16,17). The van der Waals surface area contributed by atoms with Crippen LogP contribution in [0.1, 0.15) is 12.0 Å². The maximum Gasteiger partial charge on any atom is 0.308 e. The lowest BCUT2D eigenvalue weighted by atomic mass is 10.1. The van der Waals surface area contributed by atoms with Gasteiger partial charge in [-0.3, -0.25) is 9.59 Å². The van der Waals surface area contributed by atoms with E-state index in [1.54, 1.807) is 11.0 Å². The number of carbonyl (C=O) groups excluding carboxylic acids is 1. The Bertz CT molecular complexity index is 459. The maximum atomic E-state index is 11.6. The number of amides is 1. The zero-order valence-electron chi connectivity index (χ0n) is 9.30. The molecule has 1 heterocycles. The number of hydrogen-bond acceptors (Lipinski definition) is 3. The lowest BCUT2D eigenvalue weighted by molar-refractivity contribution is -0.141. The van der Waals surface area contributed by atoms with Crippen LogP contribution in [-0.4, -0.2) is 28.4 Å². The highest BCUT2D eigenvalue weighted by atomic mass is 16.4. The molecule has 1 unspecified atom stereocenters. The molecule has 1 aliphatic rings. The third-order valence-electron chi connectivity index (χ3n) is 2.98. The van der Waals surface area contributed by atoms with Crippen LogP contribution in [0.4, 0.5) is 5.69 Å². The second kappa shape index (κ2) is 4.45.